The zero-order chi connectivity index (χ0) is 27.6. The fourth-order valence-corrected chi connectivity index (χ4v) is 4.79. The number of Topliss-reactive ketones (excluding diaryl/α,β-unsaturated/α-hetero) is 2. The molecule has 1 saturated heterocycles. The van der Waals surface area contributed by atoms with Gasteiger partial charge in [0, 0.05) is 25.7 Å². The van der Waals surface area contributed by atoms with Crippen LogP contribution in [-0.4, -0.2) is 48.7 Å². The van der Waals surface area contributed by atoms with Crippen LogP contribution >= 0.6 is 0 Å². The Bertz CT molecular complexity index is 1300. The Kier molecular flexibility index (Phi) is 9.97. The Balaban J connectivity index is 1.33. The molecule has 1 aliphatic heterocycles. The number of hydrogen-bond acceptors (Lipinski definition) is 5. The van der Waals surface area contributed by atoms with Crippen LogP contribution in [0.25, 0.3) is 10.8 Å². The summed E-state index contributed by atoms with van der Waals surface area (Å²) in [6, 6.07) is 23.0. The van der Waals surface area contributed by atoms with E-state index in [4.69, 9.17) is 4.74 Å². The molecular weight excluding hydrogens is 492 g/mol. The first-order valence-corrected chi connectivity index (χ1v) is 13.6. The predicted molar refractivity (Wildman–Crippen MR) is 150 cm³/mol. The van der Waals surface area contributed by atoms with Crippen LogP contribution in [0.3, 0.4) is 0 Å². The normalized spacial score (nSPS) is 14.7. The monoisotopic (exact) mass is 528 g/mol. The van der Waals surface area contributed by atoms with Crippen LogP contribution in [0.1, 0.15) is 43.7 Å². The lowest BCUT2D eigenvalue weighted by Gasteiger charge is -2.27. The lowest BCUT2D eigenvalue weighted by molar-refractivity contribution is -0.135. The van der Waals surface area contributed by atoms with Gasteiger partial charge in [0.1, 0.15) is 5.78 Å². The van der Waals surface area contributed by atoms with Gasteiger partial charge in [0.25, 0.3) is 0 Å². The van der Waals surface area contributed by atoms with E-state index in [1.165, 1.54) is 0 Å². The Morgan fingerprint density at radius 2 is 1.56 bits per heavy atom. The first-order valence-electron chi connectivity index (χ1n) is 13.6. The molecule has 0 saturated carbocycles. The van der Waals surface area contributed by atoms with Gasteiger partial charge in [-0.25, -0.2) is 0 Å². The summed E-state index contributed by atoms with van der Waals surface area (Å²) in [5.41, 5.74) is 2.12. The van der Waals surface area contributed by atoms with Gasteiger partial charge in [0.05, 0.1) is 31.2 Å². The van der Waals surface area contributed by atoms with Crippen molar-refractivity contribution in [3.63, 3.8) is 0 Å². The van der Waals surface area contributed by atoms with Crippen molar-refractivity contribution < 1.29 is 23.9 Å². The highest BCUT2D eigenvalue weighted by Gasteiger charge is 2.29. The second-order valence-corrected chi connectivity index (χ2v) is 10.3. The number of ketones is 2. The zero-order valence-electron chi connectivity index (χ0n) is 22.4. The van der Waals surface area contributed by atoms with Crippen LogP contribution in [0.2, 0.25) is 0 Å². The highest BCUT2D eigenvalue weighted by atomic mass is 16.5. The molecule has 0 aromatic heterocycles. The minimum Gasteiger partial charge on any atom is -0.377 e. The van der Waals surface area contributed by atoms with E-state index in [2.05, 4.69) is 10.6 Å². The fourth-order valence-electron chi connectivity index (χ4n) is 4.79. The molecule has 0 aliphatic carbocycles. The molecule has 7 heteroatoms. The van der Waals surface area contributed by atoms with Crippen molar-refractivity contribution in [3.05, 3.63) is 83.9 Å². The van der Waals surface area contributed by atoms with Gasteiger partial charge in [-0.3, -0.25) is 19.2 Å². The zero-order valence-corrected chi connectivity index (χ0v) is 22.4. The van der Waals surface area contributed by atoms with Gasteiger partial charge >= 0.3 is 0 Å². The molecule has 0 bridgehead atoms. The molecule has 0 spiro atoms. The van der Waals surface area contributed by atoms with Crippen LogP contribution in [0.4, 0.5) is 0 Å². The molecule has 0 unspecified atom stereocenters. The summed E-state index contributed by atoms with van der Waals surface area (Å²) < 4.78 is 5.10. The average Bonchev–Trinajstić information content (AvgIpc) is 2.92. The Morgan fingerprint density at radius 3 is 2.31 bits per heavy atom. The highest BCUT2D eigenvalue weighted by Crippen LogP contribution is 2.20. The Labute approximate surface area is 229 Å². The van der Waals surface area contributed by atoms with Crippen molar-refractivity contribution in [2.24, 2.45) is 5.92 Å². The number of amides is 2. The average molecular weight is 529 g/mol. The van der Waals surface area contributed by atoms with E-state index in [9.17, 15) is 19.2 Å². The quantitative estimate of drug-likeness (QED) is 0.330. The van der Waals surface area contributed by atoms with Gasteiger partial charge in [-0.05, 0) is 41.7 Å². The number of aryl methyl sites for hydroxylation is 2. The first kappa shape index (κ1) is 28.2. The molecule has 4 rings (SSSR count). The van der Waals surface area contributed by atoms with Crippen molar-refractivity contribution in [1.29, 1.82) is 0 Å². The molecule has 0 radical (unpaired) electrons. The van der Waals surface area contributed by atoms with Gasteiger partial charge in [-0.15, -0.1) is 0 Å². The number of rotatable bonds is 14. The minimum absolute atomic E-state index is 0.0514. The number of ether oxygens (including phenoxy) is 1. The summed E-state index contributed by atoms with van der Waals surface area (Å²) in [4.78, 5) is 51.5. The molecule has 2 atom stereocenters. The Morgan fingerprint density at radius 1 is 0.846 bits per heavy atom. The summed E-state index contributed by atoms with van der Waals surface area (Å²) in [6.07, 6.45) is 1.53. The molecule has 1 aliphatic rings. The van der Waals surface area contributed by atoms with Crippen molar-refractivity contribution >= 4 is 34.2 Å². The largest absolute Gasteiger partial charge is 0.377 e. The second-order valence-electron chi connectivity index (χ2n) is 10.3. The summed E-state index contributed by atoms with van der Waals surface area (Å²) in [6.45, 7) is 2.55. The van der Waals surface area contributed by atoms with Gasteiger partial charge < -0.3 is 15.4 Å². The van der Waals surface area contributed by atoms with Gasteiger partial charge in [0.15, 0.2) is 5.78 Å². The summed E-state index contributed by atoms with van der Waals surface area (Å²) in [5.74, 6) is -1.78. The maximum Gasteiger partial charge on any atom is 0.224 e. The van der Waals surface area contributed by atoms with Crippen LogP contribution in [-0.2, 0) is 36.8 Å². The minimum atomic E-state index is -0.845. The lowest BCUT2D eigenvalue weighted by Crippen LogP contribution is -2.50. The standard InChI is InChI=1S/C32H36N2O5/c1-22(30(36)17-15-25-12-7-11-24-10-5-6-13-29(24)25)33-32(38)26(19-31(37)34-27-20-39-21-27)18-28(35)16-14-23-8-3-2-4-9-23/h2-13,22,26-27H,14-21H2,1H3,(H,33,38)(H,34,37)/t22-,26-/m0/s1. The van der Waals surface area contributed by atoms with E-state index in [0.717, 1.165) is 21.9 Å². The topological polar surface area (TPSA) is 102 Å². The molecule has 3 aromatic rings. The van der Waals surface area contributed by atoms with Crippen LogP contribution < -0.4 is 10.6 Å². The number of carbonyl (C=O) groups is 4. The third kappa shape index (κ3) is 8.32. The maximum absolute atomic E-state index is 13.2. The Hall–Kier alpha value is -3.84. The summed E-state index contributed by atoms with van der Waals surface area (Å²) >= 11 is 0. The number of hydrogen-bond donors (Lipinski definition) is 2. The maximum atomic E-state index is 13.2. The van der Waals surface area contributed by atoms with Gasteiger partial charge in [-0.2, -0.15) is 0 Å². The predicted octanol–water partition coefficient (Wildman–Crippen LogP) is 3.96. The summed E-state index contributed by atoms with van der Waals surface area (Å²) in [5, 5.41) is 7.85. The highest BCUT2D eigenvalue weighted by molar-refractivity contribution is 5.94. The van der Waals surface area contributed by atoms with E-state index in [1.54, 1.807) is 6.92 Å². The number of nitrogens with one attached hydrogen (secondary N) is 2. The fraction of sp³-hybridized carbons (Fsp3) is 0.375. The van der Waals surface area contributed by atoms with E-state index < -0.39 is 17.9 Å². The molecule has 1 fully saturated rings. The third-order valence-corrected chi connectivity index (χ3v) is 7.18. The molecule has 1 heterocycles. The number of carbonyl (C=O) groups excluding carboxylic acids is 4. The molecule has 204 valence electrons. The van der Waals surface area contributed by atoms with E-state index in [1.807, 2.05) is 72.8 Å². The SMILES string of the molecule is C[C@H](NC(=O)[C@@H](CC(=O)CCc1ccccc1)CC(=O)NC1COC1)C(=O)CCc1cccc2ccccc12. The van der Waals surface area contributed by atoms with Crippen molar-refractivity contribution in [2.45, 2.75) is 57.5 Å². The van der Waals surface area contributed by atoms with E-state index in [-0.39, 0.29) is 49.2 Å². The van der Waals surface area contributed by atoms with E-state index in [0.29, 0.717) is 26.1 Å². The molecule has 2 amide bonds. The summed E-state index contributed by atoms with van der Waals surface area (Å²) in [7, 11) is 0. The number of fused-ring (bicyclic) bond motifs is 1. The first-order chi connectivity index (χ1) is 18.9. The van der Waals surface area contributed by atoms with Gasteiger partial charge in [0.2, 0.25) is 11.8 Å². The smallest absolute Gasteiger partial charge is 0.224 e. The molecular formula is C32H36N2O5. The molecule has 3 aromatic carbocycles. The third-order valence-electron chi connectivity index (χ3n) is 7.18. The van der Waals surface area contributed by atoms with Crippen molar-refractivity contribution in [2.75, 3.05) is 13.2 Å². The van der Waals surface area contributed by atoms with Crippen molar-refractivity contribution in [1.82, 2.24) is 10.6 Å². The lowest BCUT2D eigenvalue weighted by atomic mass is 9.93. The van der Waals surface area contributed by atoms with Crippen LogP contribution in [0.5, 0.6) is 0 Å². The number of benzene rings is 3. The molecule has 39 heavy (non-hydrogen) atoms. The van der Waals surface area contributed by atoms with Crippen LogP contribution in [0.15, 0.2) is 72.8 Å². The molecule has 2 N–H and O–H groups in total. The van der Waals surface area contributed by atoms with Crippen LogP contribution in [0, 0.1) is 5.92 Å². The van der Waals surface area contributed by atoms with Gasteiger partial charge in [-0.1, -0.05) is 72.8 Å². The van der Waals surface area contributed by atoms with Crippen molar-refractivity contribution in [3.8, 4) is 0 Å². The second kappa shape index (κ2) is 13.8. The van der Waals surface area contributed by atoms with E-state index >= 15 is 0 Å². The molecule has 7 nitrogen and oxygen atoms in total.